The molecule has 1 aromatic rings. The van der Waals surface area contributed by atoms with Gasteiger partial charge in [-0.15, -0.1) is 0 Å². The summed E-state index contributed by atoms with van der Waals surface area (Å²) >= 11 is 0. The van der Waals surface area contributed by atoms with Gasteiger partial charge in [-0.1, -0.05) is 0 Å². The molecular formula is C12H19NO4. The number of nitrogens with zero attached hydrogens (tertiary/aromatic N) is 1. The number of ether oxygens (including phenoxy) is 2. The Kier molecular flexibility index (Phi) is 5.72. The molecule has 0 N–H and O–H groups in total. The molecule has 5 nitrogen and oxygen atoms in total. The van der Waals surface area contributed by atoms with E-state index in [1.807, 2.05) is 4.90 Å². The maximum atomic E-state index is 11.1. The molecule has 0 aliphatic heterocycles. The first-order valence-corrected chi connectivity index (χ1v) is 5.52. The van der Waals surface area contributed by atoms with Crippen LogP contribution >= 0.6 is 0 Å². The number of rotatable bonds is 8. The summed E-state index contributed by atoms with van der Waals surface area (Å²) in [5.41, 5.74) is 0. The lowest BCUT2D eigenvalue weighted by Crippen LogP contribution is -2.30. The normalized spacial score (nSPS) is 10.5. The Morgan fingerprint density at radius 2 is 1.82 bits per heavy atom. The summed E-state index contributed by atoms with van der Waals surface area (Å²) in [7, 11) is 3.30. The minimum absolute atomic E-state index is 0.0744. The molecule has 0 aliphatic carbocycles. The molecular weight excluding hydrogens is 222 g/mol. The van der Waals surface area contributed by atoms with Gasteiger partial charge >= 0.3 is 0 Å². The highest BCUT2D eigenvalue weighted by Crippen LogP contribution is 2.18. The van der Waals surface area contributed by atoms with Crippen molar-refractivity contribution in [2.75, 3.05) is 45.4 Å². The second kappa shape index (κ2) is 7.09. The molecule has 1 heterocycles. The molecule has 0 atom stereocenters. The van der Waals surface area contributed by atoms with Crippen molar-refractivity contribution in [2.45, 2.75) is 6.92 Å². The topological polar surface area (TPSA) is 51.9 Å². The summed E-state index contributed by atoms with van der Waals surface area (Å²) in [5, 5.41) is 0. The van der Waals surface area contributed by atoms with Gasteiger partial charge in [0.1, 0.15) is 0 Å². The van der Waals surface area contributed by atoms with Crippen molar-refractivity contribution in [3.05, 3.63) is 17.9 Å². The zero-order chi connectivity index (χ0) is 12.7. The quantitative estimate of drug-likeness (QED) is 0.647. The number of methoxy groups -OCH3 is 2. The molecule has 0 aromatic carbocycles. The number of Topliss-reactive ketones (excluding diaryl/α,β-unsaturated/α-hetero) is 1. The van der Waals surface area contributed by atoms with Crippen LogP contribution in [0.3, 0.4) is 0 Å². The van der Waals surface area contributed by atoms with Crippen LogP contribution in [-0.2, 0) is 9.47 Å². The predicted molar refractivity (Wildman–Crippen MR) is 64.7 cm³/mol. The number of furan rings is 1. The van der Waals surface area contributed by atoms with Crippen LogP contribution < -0.4 is 4.90 Å². The van der Waals surface area contributed by atoms with Crippen LogP contribution in [0.1, 0.15) is 17.5 Å². The van der Waals surface area contributed by atoms with Crippen molar-refractivity contribution in [3.63, 3.8) is 0 Å². The second-order valence-electron chi connectivity index (χ2n) is 3.67. The minimum Gasteiger partial charge on any atom is -0.437 e. The third-order valence-corrected chi connectivity index (χ3v) is 2.38. The first-order valence-electron chi connectivity index (χ1n) is 5.52. The Balaban J connectivity index is 2.68. The number of hydrogen-bond donors (Lipinski definition) is 0. The van der Waals surface area contributed by atoms with Crippen molar-refractivity contribution in [1.29, 1.82) is 0 Å². The Labute approximate surface area is 101 Å². The van der Waals surface area contributed by atoms with E-state index in [2.05, 4.69) is 0 Å². The standard InChI is InChI=1S/C12H19NO4/c1-10(14)11-4-5-12(17-11)13(6-8-15-2)7-9-16-3/h4-5H,6-9H2,1-3H3. The molecule has 0 spiro atoms. The van der Waals surface area contributed by atoms with Crippen molar-refractivity contribution in [2.24, 2.45) is 0 Å². The molecule has 0 bridgehead atoms. The number of carbonyl (C=O) groups is 1. The van der Waals surface area contributed by atoms with Crippen LogP contribution in [0.2, 0.25) is 0 Å². The van der Waals surface area contributed by atoms with Gasteiger partial charge in [-0.25, -0.2) is 0 Å². The second-order valence-corrected chi connectivity index (χ2v) is 3.67. The molecule has 96 valence electrons. The highest BCUT2D eigenvalue weighted by molar-refractivity contribution is 5.91. The van der Waals surface area contributed by atoms with Crippen molar-refractivity contribution in [3.8, 4) is 0 Å². The Morgan fingerprint density at radius 1 is 1.24 bits per heavy atom. The number of anilines is 1. The fourth-order valence-electron chi connectivity index (χ4n) is 1.42. The van der Waals surface area contributed by atoms with Gasteiger partial charge in [0.05, 0.1) is 13.2 Å². The average Bonchev–Trinajstić information content (AvgIpc) is 2.79. The van der Waals surface area contributed by atoms with Crippen LogP contribution in [-0.4, -0.2) is 46.3 Å². The van der Waals surface area contributed by atoms with E-state index in [0.717, 1.165) is 0 Å². The smallest absolute Gasteiger partial charge is 0.196 e. The Bertz CT molecular complexity index is 340. The van der Waals surface area contributed by atoms with Crippen molar-refractivity contribution < 1.29 is 18.7 Å². The molecule has 1 rings (SSSR count). The van der Waals surface area contributed by atoms with Crippen LogP contribution in [0.4, 0.5) is 5.88 Å². The highest BCUT2D eigenvalue weighted by atomic mass is 16.5. The first-order chi connectivity index (χ1) is 8.19. The van der Waals surface area contributed by atoms with Crippen LogP contribution in [0.15, 0.2) is 16.5 Å². The zero-order valence-corrected chi connectivity index (χ0v) is 10.6. The van der Waals surface area contributed by atoms with Gasteiger partial charge in [0, 0.05) is 40.3 Å². The van der Waals surface area contributed by atoms with Gasteiger partial charge in [0.25, 0.3) is 0 Å². The Hall–Kier alpha value is -1.33. The fraction of sp³-hybridized carbons (Fsp3) is 0.583. The number of hydrogen-bond acceptors (Lipinski definition) is 5. The van der Waals surface area contributed by atoms with Crippen LogP contribution in [0.5, 0.6) is 0 Å². The molecule has 0 amide bonds. The fourth-order valence-corrected chi connectivity index (χ4v) is 1.42. The SMILES string of the molecule is COCCN(CCOC)c1ccc(C(C)=O)o1. The van der Waals surface area contributed by atoms with E-state index in [0.29, 0.717) is 37.9 Å². The van der Waals surface area contributed by atoms with Crippen molar-refractivity contribution >= 4 is 11.7 Å². The summed E-state index contributed by atoms with van der Waals surface area (Å²) in [6, 6.07) is 3.48. The van der Waals surface area contributed by atoms with E-state index >= 15 is 0 Å². The van der Waals surface area contributed by atoms with Crippen LogP contribution in [0.25, 0.3) is 0 Å². The van der Waals surface area contributed by atoms with E-state index in [-0.39, 0.29) is 5.78 Å². The summed E-state index contributed by atoms with van der Waals surface area (Å²) in [4.78, 5) is 13.1. The summed E-state index contributed by atoms with van der Waals surface area (Å²) < 4.78 is 15.5. The van der Waals surface area contributed by atoms with E-state index < -0.39 is 0 Å². The molecule has 0 aliphatic rings. The van der Waals surface area contributed by atoms with E-state index in [9.17, 15) is 4.79 Å². The molecule has 0 radical (unpaired) electrons. The van der Waals surface area contributed by atoms with Gasteiger partial charge in [-0.05, 0) is 6.07 Å². The van der Waals surface area contributed by atoms with Crippen LogP contribution in [0, 0.1) is 0 Å². The van der Waals surface area contributed by atoms with Gasteiger partial charge in [0.15, 0.2) is 17.4 Å². The zero-order valence-electron chi connectivity index (χ0n) is 10.6. The lowest BCUT2D eigenvalue weighted by atomic mass is 10.3. The van der Waals surface area contributed by atoms with Gasteiger partial charge < -0.3 is 18.8 Å². The maximum absolute atomic E-state index is 11.1. The van der Waals surface area contributed by atoms with E-state index in [1.54, 1.807) is 26.4 Å². The molecule has 5 heteroatoms. The third kappa shape index (κ3) is 4.20. The first kappa shape index (κ1) is 13.7. The molecule has 17 heavy (non-hydrogen) atoms. The van der Waals surface area contributed by atoms with Gasteiger partial charge in [-0.2, -0.15) is 0 Å². The maximum Gasteiger partial charge on any atom is 0.196 e. The minimum atomic E-state index is -0.0744. The molecule has 0 saturated heterocycles. The Morgan fingerprint density at radius 3 is 2.24 bits per heavy atom. The average molecular weight is 241 g/mol. The highest BCUT2D eigenvalue weighted by Gasteiger charge is 2.12. The molecule has 1 aromatic heterocycles. The van der Waals surface area contributed by atoms with Crippen molar-refractivity contribution in [1.82, 2.24) is 0 Å². The molecule has 0 saturated carbocycles. The lowest BCUT2D eigenvalue weighted by Gasteiger charge is -2.20. The van der Waals surface area contributed by atoms with Gasteiger partial charge in [-0.3, -0.25) is 4.79 Å². The largest absolute Gasteiger partial charge is 0.437 e. The number of ketones is 1. The number of carbonyl (C=O) groups excluding carboxylic acids is 1. The third-order valence-electron chi connectivity index (χ3n) is 2.38. The van der Waals surface area contributed by atoms with E-state index in [1.165, 1.54) is 6.92 Å². The molecule has 0 unspecified atom stereocenters. The summed E-state index contributed by atoms with van der Waals surface area (Å²) in [6.07, 6.45) is 0. The van der Waals surface area contributed by atoms with E-state index in [4.69, 9.17) is 13.9 Å². The lowest BCUT2D eigenvalue weighted by molar-refractivity contribution is 0.0987. The monoisotopic (exact) mass is 241 g/mol. The molecule has 0 fully saturated rings. The predicted octanol–water partition coefficient (Wildman–Crippen LogP) is 1.58. The van der Waals surface area contributed by atoms with Gasteiger partial charge in [0.2, 0.25) is 0 Å². The summed E-state index contributed by atoms with van der Waals surface area (Å²) in [5.74, 6) is 0.971. The summed E-state index contributed by atoms with van der Waals surface area (Å²) in [6.45, 7) is 4.08.